The molecule has 3 atom stereocenters. The number of nitrogens with two attached hydrogens (primary N) is 1. The van der Waals surface area contributed by atoms with Crippen molar-refractivity contribution in [3.63, 3.8) is 0 Å². The third kappa shape index (κ3) is 5.75. The number of hydrogen-bond acceptors (Lipinski definition) is 8. The van der Waals surface area contributed by atoms with E-state index in [-0.39, 0.29) is 35.1 Å². The normalized spacial score (nSPS) is 22.4. The largest absolute Gasteiger partial charge is 0.349 e. The first kappa shape index (κ1) is 26.2. The maximum atomic E-state index is 13.8. The number of hydrogen-bond donors (Lipinski definition) is 4. The minimum atomic E-state index is -4.07. The van der Waals surface area contributed by atoms with Gasteiger partial charge in [0.05, 0.1) is 28.9 Å². The van der Waals surface area contributed by atoms with Crippen LogP contribution < -0.4 is 21.2 Å². The summed E-state index contributed by atoms with van der Waals surface area (Å²) in [6, 6.07) is 10.8. The van der Waals surface area contributed by atoms with Crippen LogP contribution in [-0.2, 0) is 19.6 Å². The molecule has 0 radical (unpaired) electrons. The fraction of sp³-hybridized carbons (Fsp3) is 0.480. The number of nitrogens with one attached hydrogen (secondary N) is 3. The number of rotatable bonds is 10. The SMILES string of the molecule is CN(C)C(=O)C[C@@H](NS(=O)(=O)c1ccc2ccccc2c1)C(=O)C1(NC2CCCN[C@@H]2C=NN)CC1. The highest BCUT2D eigenvalue weighted by Crippen LogP contribution is 2.39. The Morgan fingerprint density at radius 2 is 1.94 bits per heavy atom. The number of fused-ring (bicyclic) bond motifs is 1. The molecular formula is C25H34N6O4S. The van der Waals surface area contributed by atoms with Crippen molar-refractivity contribution in [3.8, 4) is 0 Å². The van der Waals surface area contributed by atoms with E-state index in [0.717, 1.165) is 30.2 Å². The zero-order valence-electron chi connectivity index (χ0n) is 20.6. The molecule has 1 aliphatic heterocycles. The Bertz CT molecular complexity index is 1260. The second-order valence-electron chi connectivity index (χ2n) is 9.79. The Morgan fingerprint density at radius 1 is 1.22 bits per heavy atom. The number of carbonyl (C=O) groups excluding carboxylic acids is 2. The average Bonchev–Trinajstić information content (AvgIpc) is 3.64. The quantitative estimate of drug-likeness (QED) is 0.208. The summed E-state index contributed by atoms with van der Waals surface area (Å²) >= 11 is 0. The monoisotopic (exact) mass is 514 g/mol. The van der Waals surface area contributed by atoms with E-state index in [9.17, 15) is 18.0 Å². The van der Waals surface area contributed by atoms with Gasteiger partial charge in [-0.05, 0) is 55.1 Å². The van der Waals surface area contributed by atoms with Gasteiger partial charge in [-0.3, -0.25) is 9.59 Å². The van der Waals surface area contributed by atoms with E-state index in [1.807, 2.05) is 24.3 Å². The van der Waals surface area contributed by atoms with E-state index in [4.69, 9.17) is 5.84 Å². The van der Waals surface area contributed by atoms with Crippen LogP contribution in [0.4, 0.5) is 0 Å². The number of sulfonamides is 1. The van der Waals surface area contributed by atoms with Crippen LogP contribution >= 0.6 is 0 Å². The van der Waals surface area contributed by atoms with Gasteiger partial charge in [-0.25, -0.2) is 13.1 Å². The Balaban J connectivity index is 1.59. The number of hydrazone groups is 1. The lowest BCUT2D eigenvalue weighted by atomic mass is 9.94. The Labute approximate surface area is 211 Å². The molecule has 10 nitrogen and oxygen atoms in total. The van der Waals surface area contributed by atoms with E-state index < -0.39 is 21.6 Å². The molecule has 1 aliphatic carbocycles. The smallest absolute Gasteiger partial charge is 0.241 e. The molecule has 0 aromatic heterocycles. The molecule has 5 N–H and O–H groups in total. The molecule has 1 saturated heterocycles. The van der Waals surface area contributed by atoms with Crippen molar-refractivity contribution in [1.82, 2.24) is 20.3 Å². The molecule has 1 saturated carbocycles. The van der Waals surface area contributed by atoms with Crippen molar-refractivity contribution in [2.45, 2.75) is 60.7 Å². The van der Waals surface area contributed by atoms with Gasteiger partial charge >= 0.3 is 0 Å². The van der Waals surface area contributed by atoms with Crippen LogP contribution in [0, 0.1) is 0 Å². The van der Waals surface area contributed by atoms with Gasteiger partial charge in [-0.1, -0.05) is 30.3 Å². The van der Waals surface area contributed by atoms with Crippen molar-refractivity contribution in [3.05, 3.63) is 42.5 Å². The highest BCUT2D eigenvalue weighted by Gasteiger charge is 2.54. The summed E-state index contributed by atoms with van der Waals surface area (Å²) in [7, 11) is -0.910. The van der Waals surface area contributed by atoms with Gasteiger partial charge in [0.25, 0.3) is 0 Å². The van der Waals surface area contributed by atoms with E-state index in [1.165, 1.54) is 11.0 Å². The number of benzene rings is 2. The summed E-state index contributed by atoms with van der Waals surface area (Å²) in [5, 5.41) is 12.1. The average molecular weight is 515 g/mol. The predicted octanol–water partition coefficient (Wildman–Crippen LogP) is 0.721. The fourth-order valence-corrected chi connectivity index (χ4v) is 5.96. The Hall–Kier alpha value is -2.86. The number of ketones is 1. The van der Waals surface area contributed by atoms with E-state index in [1.54, 1.807) is 32.4 Å². The molecule has 36 heavy (non-hydrogen) atoms. The number of piperidine rings is 1. The second kappa shape index (κ2) is 10.6. The lowest BCUT2D eigenvalue weighted by Gasteiger charge is -2.35. The molecule has 2 aliphatic rings. The number of nitrogens with zero attached hydrogens (tertiary/aromatic N) is 2. The molecule has 1 amide bonds. The van der Waals surface area contributed by atoms with E-state index in [0.29, 0.717) is 12.8 Å². The first-order valence-corrected chi connectivity index (χ1v) is 13.6. The zero-order valence-corrected chi connectivity index (χ0v) is 21.4. The lowest BCUT2D eigenvalue weighted by molar-refractivity contribution is -0.133. The molecule has 0 bridgehead atoms. The minimum Gasteiger partial charge on any atom is -0.349 e. The number of Topliss-reactive ketones (excluding diaryl/α,β-unsaturated/α-hetero) is 1. The van der Waals surface area contributed by atoms with Crippen LogP contribution in [0.3, 0.4) is 0 Å². The number of carbonyl (C=O) groups is 2. The lowest BCUT2D eigenvalue weighted by Crippen LogP contribution is -2.60. The summed E-state index contributed by atoms with van der Waals surface area (Å²) in [6.07, 6.45) is 4.24. The van der Waals surface area contributed by atoms with Crippen molar-refractivity contribution < 1.29 is 18.0 Å². The van der Waals surface area contributed by atoms with Crippen molar-refractivity contribution >= 4 is 38.7 Å². The summed E-state index contributed by atoms with van der Waals surface area (Å²) in [6.45, 7) is 0.821. The summed E-state index contributed by atoms with van der Waals surface area (Å²) < 4.78 is 29.3. The molecule has 11 heteroatoms. The summed E-state index contributed by atoms with van der Waals surface area (Å²) in [5.41, 5.74) is -0.895. The maximum Gasteiger partial charge on any atom is 0.241 e. The van der Waals surface area contributed by atoms with E-state index >= 15 is 0 Å². The molecular weight excluding hydrogens is 480 g/mol. The summed E-state index contributed by atoms with van der Waals surface area (Å²) in [4.78, 5) is 27.8. The van der Waals surface area contributed by atoms with Crippen molar-refractivity contribution in [2.24, 2.45) is 10.9 Å². The molecule has 2 fully saturated rings. The van der Waals surface area contributed by atoms with Crippen LogP contribution in [0.1, 0.15) is 32.1 Å². The van der Waals surface area contributed by atoms with Crippen LogP contribution in [0.2, 0.25) is 0 Å². The van der Waals surface area contributed by atoms with Crippen LogP contribution in [-0.4, -0.2) is 75.5 Å². The third-order valence-corrected chi connectivity index (χ3v) is 8.43. The van der Waals surface area contributed by atoms with Gasteiger partial charge in [-0.15, -0.1) is 0 Å². The molecule has 1 unspecified atom stereocenters. The second-order valence-corrected chi connectivity index (χ2v) is 11.5. The molecule has 194 valence electrons. The zero-order chi connectivity index (χ0) is 25.9. The van der Waals surface area contributed by atoms with Crippen molar-refractivity contribution in [2.75, 3.05) is 20.6 Å². The maximum absolute atomic E-state index is 13.8. The van der Waals surface area contributed by atoms with Crippen LogP contribution in [0.5, 0.6) is 0 Å². The molecule has 4 rings (SSSR count). The van der Waals surface area contributed by atoms with Gasteiger partial charge in [-0.2, -0.15) is 5.10 Å². The standard InChI is InChI=1S/C25H34N6O4S/c1-31(2)23(32)15-21(30-36(34,35)19-10-9-17-6-3-4-7-18(17)14-19)24(33)25(11-12-25)29-20-8-5-13-27-22(20)16-28-26/h3-4,6-7,9-10,14,16,20-22,27,29-30H,5,8,11-13,15,26H2,1-2H3/t20?,21-,22-/m1/s1. The van der Waals surface area contributed by atoms with E-state index in [2.05, 4.69) is 20.5 Å². The van der Waals surface area contributed by atoms with Crippen LogP contribution in [0.15, 0.2) is 52.5 Å². The Kier molecular flexibility index (Phi) is 7.74. The van der Waals surface area contributed by atoms with Gasteiger partial charge in [0, 0.05) is 26.4 Å². The number of amides is 1. The predicted molar refractivity (Wildman–Crippen MR) is 139 cm³/mol. The molecule has 0 spiro atoms. The topological polar surface area (TPSA) is 146 Å². The van der Waals surface area contributed by atoms with Gasteiger partial charge in [0.2, 0.25) is 15.9 Å². The van der Waals surface area contributed by atoms with Crippen LogP contribution in [0.25, 0.3) is 10.8 Å². The first-order valence-electron chi connectivity index (χ1n) is 12.2. The minimum absolute atomic E-state index is 0.0461. The third-order valence-electron chi connectivity index (χ3n) is 6.96. The highest BCUT2D eigenvalue weighted by atomic mass is 32.2. The highest BCUT2D eigenvalue weighted by molar-refractivity contribution is 7.89. The Morgan fingerprint density at radius 3 is 2.61 bits per heavy atom. The molecule has 2 aromatic carbocycles. The molecule has 2 aromatic rings. The van der Waals surface area contributed by atoms with Gasteiger partial charge < -0.3 is 21.4 Å². The van der Waals surface area contributed by atoms with Gasteiger partial charge in [0.1, 0.15) is 0 Å². The first-order chi connectivity index (χ1) is 17.1. The van der Waals surface area contributed by atoms with Gasteiger partial charge in [0.15, 0.2) is 5.78 Å². The molecule has 1 heterocycles. The fourth-order valence-electron chi connectivity index (χ4n) is 4.73. The van der Waals surface area contributed by atoms with Crippen molar-refractivity contribution in [1.29, 1.82) is 0 Å². The summed E-state index contributed by atoms with van der Waals surface area (Å²) in [5.74, 6) is 4.71.